The number of nitrogens with one attached hydrogen (secondary N) is 1. The predicted octanol–water partition coefficient (Wildman–Crippen LogP) is 5.05. The van der Waals surface area contributed by atoms with E-state index in [4.69, 9.17) is 4.52 Å². The number of rotatable bonds is 12. The van der Waals surface area contributed by atoms with E-state index >= 15 is 0 Å². The highest BCUT2D eigenvalue weighted by Crippen LogP contribution is 2.26. The zero-order valence-corrected chi connectivity index (χ0v) is 24.9. The van der Waals surface area contributed by atoms with Gasteiger partial charge in [0.05, 0.1) is 17.0 Å². The van der Waals surface area contributed by atoms with Crippen LogP contribution in [0.4, 0.5) is 4.79 Å². The normalized spacial score (nSPS) is 13.3. The van der Waals surface area contributed by atoms with Crippen LogP contribution in [-0.2, 0) is 16.4 Å². The zero-order chi connectivity index (χ0) is 29.6. The molecule has 1 aromatic heterocycles. The number of aromatic nitrogens is 2. The minimum Gasteiger partial charge on any atom is -0.465 e. The van der Waals surface area contributed by atoms with E-state index < -0.39 is 28.3 Å². The van der Waals surface area contributed by atoms with Crippen molar-refractivity contribution in [2.45, 2.75) is 37.3 Å². The average Bonchev–Trinajstić information content (AvgIpc) is 3.43. The highest BCUT2D eigenvalue weighted by atomic mass is 79.9. The van der Waals surface area contributed by atoms with Crippen molar-refractivity contribution >= 4 is 32.0 Å². The summed E-state index contributed by atoms with van der Waals surface area (Å²) in [5, 5.41) is 26.8. The summed E-state index contributed by atoms with van der Waals surface area (Å²) in [6.07, 6.45) is -2.40. The molecule has 0 aliphatic heterocycles. The lowest BCUT2D eigenvalue weighted by Gasteiger charge is -2.30. The van der Waals surface area contributed by atoms with Crippen molar-refractivity contribution in [3.8, 4) is 22.8 Å². The van der Waals surface area contributed by atoms with Gasteiger partial charge in [0.25, 0.3) is 5.89 Å². The van der Waals surface area contributed by atoms with Crippen molar-refractivity contribution in [3.63, 3.8) is 0 Å². The van der Waals surface area contributed by atoms with Gasteiger partial charge in [-0.1, -0.05) is 65.3 Å². The maximum Gasteiger partial charge on any atom is 0.404 e. The maximum absolute atomic E-state index is 13.7. The number of carbonyl (C=O) groups is 1. The molecule has 0 spiro atoms. The molecule has 3 N–H and O–H groups in total. The number of amides is 1. The SMILES string of the molecule is CC(C)CN(C[C@H](O)[C@H](Cc1ccccc1)NC(=O)O)S(=O)(=O)c1ccc(-c2noc(-c3ccc(Br)cc3)n2)cc1. The van der Waals surface area contributed by atoms with Gasteiger partial charge in [-0.05, 0) is 66.4 Å². The summed E-state index contributed by atoms with van der Waals surface area (Å²) in [4.78, 5) is 15.9. The lowest BCUT2D eigenvalue weighted by Crippen LogP contribution is -2.50. The smallest absolute Gasteiger partial charge is 0.404 e. The molecule has 0 bridgehead atoms. The summed E-state index contributed by atoms with van der Waals surface area (Å²) >= 11 is 3.39. The first-order valence-corrected chi connectivity index (χ1v) is 15.2. The van der Waals surface area contributed by atoms with Crippen LogP contribution >= 0.6 is 15.9 Å². The highest BCUT2D eigenvalue weighted by Gasteiger charge is 2.31. The molecule has 41 heavy (non-hydrogen) atoms. The number of benzene rings is 3. The van der Waals surface area contributed by atoms with Gasteiger partial charge in [-0.25, -0.2) is 13.2 Å². The molecule has 1 heterocycles. The number of sulfonamides is 1. The van der Waals surface area contributed by atoms with Crippen molar-refractivity contribution in [1.82, 2.24) is 19.8 Å². The summed E-state index contributed by atoms with van der Waals surface area (Å²) in [5.41, 5.74) is 2.13. The van der Waals surface area contributed by atoms with Crippen molar-refractivity contribution in [1.29, 1.82) is 0 Å². The summed E-state index contributed by atoms with van der Waals surface area (Å²) in [6, 6.07) is 21.7. The Hall–Kier alpha value is -3.58. The van der Waals surface area contributed by atoms with E-state index in [0.29, 0.717) is 17.3 Å². The first-order valence-electron chi connectivity index (χ1n) is 12.9. The third-order valence-electron chi connectivity index (χ3n) is 6.30. The van der Waals surface area contributed by atoms with Gasteiger partial charge in [0, 0.05) is 28.7 Å². The Morgan fingerprint density at radius 2 is 1.61 bits per heavy atom. The Bertz CT molecular complexity index is 1540. The number of hydrogen-bond acceptors (Lipinski definition) is 7. The van der Waals surface area contributed by atoms with Gasteiger partial charge < -0.3 is 20.1 Å². The second-order valence-corrected chi connectivity index (χ2v) is 12.8. The number of aliphatic hydroxyl groups is 1. The second-order valence-electron chi connectivity index (χ2n) is 9.98. The number of halogens is 1. The molecule has 0 radical (unpaired) electrons. The van der Waals surface area contributed by atoms with Crippen LogP contribution in [0.15, 0.2) is 92.8 Å². The molecule has 0 aliphatic rings. The monoisotopic (exact) mass is 642 g/mol. The Morgan fingerprint density at radius 3 is 2.22 bits per heavy atom. The van der Waals surface area contributed by atoms with Crippen LogP contribution in [0.2, 0.25) is 0 Å². The quantitative estimate of drug-likeness (QED) is 0.195. The molecule has 12 heteroatoms. The first kappa shape index (κ1) is 30.4. The summed E-state index contributed by atoms with van der Waals surface area (Å²) in [5.74, 6) is 0.596. The second kappa shape index (κ2) is 13.4. The lowest BCUT2D eigenvalue weighted by molar-refractivity contribution is 0.0980. The molecular formula is C29H31BrN4O6S. The molecule has 4 rings (SSSR count). The van der Waals surface area contributed by atoms with E-state index in [0.717, 1.165) is 15.6 Å². The Balaban J connectivity index is 1.54. The van der Waals surface area contributed by atoms with Crippen LogP contribution in [-0.4, -0.2) is 64.4 Å². The number of hydrogen-bond donors (Lipinski definition) is 3. The molecule has 0 unspecified atom stereocenters. The van der Waals surface area contributed by atoms with E-state index in [-0.39, 0.29) is 30.3 Å². The summed E-state index contributed by atoms with van der Waals surface area (Å²) in [6.45, 7) is 3.58. The molecule has 3 aromatic carbocycles. The fourth-order valence-electron chi connectivity index (χ4n) is 4.30. The van der Waals surface area contributed by atoms with E-state index in [1.54, 1.807) is 12.1 Å². The van der Waals surface area contributed by atoms with Crippen LogP contribution in [0.3, 0.4) is 0 Å². The molecule has 0 aliphatic carbocycles. The minimum atomic E-state index is -4.04. The van der Waals surface area contributed by atoms with Crippen molar-refractivity contribution in [3.05, 3.63) is 88.9 Å². The predicted molar refractivity (Wildman–Crippen MR) is 158 cm³/mol. The maximum atomic E-state index is 13.7. The summed E-state index contributed by atoms with van der Waals surface area (Å²) < 4.78 is 34.9. The zero-order valence-electron chi connectivity index (χ0n) is 22.5. The molecular weight excluding hydrogens is 612 g/mol. The fourth-order valence-corrected chi connectivity index (χ4v) is 6.19. The van der Waals surface area contributed by atoms with Gasteiger partial charge in [-0.15, -0.1) is 0 Å². The topological polar surface area (TPSA) is 146 Å². The van der Waals surface area contributed by atoms with Gasteiger partial charge in [-0.3, -0.25) is 0 Å². The number of nitrogens with zero attached hydrogens (tertiary/aromatic N) is 3. The number of carboxylic acid groups (broad SMARTS) is 1. The van der Waals surface area contributed by atoms with E-state index in [1.807, 2.05) is 68.4 Å². The molecule has 2 atom stereocenters. The molecule has 0 saturated carbocycles. The van der Waals surface area contributed by atoms with Crippen molar-refractivity contribution in [2.24, 2.45) is 5.92 Å². The van der Waals surface area contributed by atoms with E-state index in [1.165, 1.54) is 16.4 Å². The molecule has 4 aromatic rings. The van der Waals surface area contributed by atoms with Crippen molar-refractivity contribution < 1.29 is 27.9 Å². The summed E-state index contributed by atoms with van der Waals surface area (Å²) in [7, 11) is -4.04. The first-order chi connectivity index (χ1) is 19.5. The number of aliphatic hydroxyl groups excluding tert-OH is 1. The standard InChI is InChI=1S/C29H31BrN4O6S/c1-19(2)17-34(18-26(35)25(31-29(36)37)16-20-6-4-3-5-7-20)41(38,39)24-14-10-21(11-15-24)27-32-28(40-33-27)22-8-12-23(30)13-9-22/h3-15,19,25-26,31,35H,16-18H2,1-2H3,(H,36,37)/t25-,26-/m0/s1. The fraction of sp³-hybridized carbons (Fsp3) is 0.276. The molecule has 216 valence electrons. The van der Waals surface area contributed by atoms with Crippen LogP contribution in [0.5, 0.6) is 0 Å². The van der Waals surface area contributed by atoms with E-state index in [2.05, 4.69) is 31.4 Å². The molecule has 0 fully saturated rings. The van der Waals surface area contributed by atoms with Crippen LogP contribution in [0, 0.1) is 5.92 Å². The minimum absolute atomic E-state index is 0.0246. The molecule has 1 amide bonds. The third-order valence-corrected chi connectivity index (χ3v) is 8.67. The largest absolute Gasteiger partial charge is 0.465 e. The van der Waals surface area contributed by atoms with Gasteiger partial charge in [-0.2, -0.15) is 9.29 Å². The van der Waals surface area contributed by atoms with Crippen molar-refractivity contribution in [2.75, 3.05) is 13.1 Å². The Kier molecular flexibility index (Phi) is 9.92. The van der Waals surface area contributed by atoms with Crippen LogP contribution < -0.4 is 5.32 Å². The van der Waals surface area contributed by atoms with Gasteiger partial charge >= 0.3 is 6.09 Å². The average molecular weight is 644 g/mol. The highest BCUT2D eigenvalue weighted by molar-refractivity contribution is 9.10. The van der Waals surface area contributed by atoms with Gasteiger partial charge in [0.2, 0.25) is 15.8 Å². The van der Waals surface area contributed by atoms with Crippen LogP contribution in [0.25, 0.3) is 22.8 Å². The Morgan fingerprint density at radius 1 is 0.976 bits per heavy atom. The molecule has 0 saturated heterocycles. The molecule has 10 nitrogen and oxygen atoms in total. The Labute approximate surface area is 247 Å². The van der Waals surface area contributed by atoms with Gasteiger partial charge in [0.15, 0.2) is 0 Å². The van der Waals surface area contributed by atoms with Gasteiger partial charge in [0.1, 0.15) is 0 Å². The lowest BCUT2D eigenvalue weighted by atomic mass is 10.0. The third kappa shape index (κ3) is 8.00. The van der Waals surface area contributed by atoms with Crippen LogP contribution in [0.1, 0.15) is 19.4 Å². The van der Waals surface area contributed by atoms with E-state index in [9.17, 15) is 23.4 Å².